The van der Waals surface area contributed by atoms with Crippen LogP contribution in [0.25, 0.3) is 10.9 Å². The normalized spacial score (nSPS) is 16.9. The highest BCUT2D eigenvalue weighted by Crippen LogP contribution is 2.29. The Balaban J connectivity index is 1.81. The maximum Gasteiger partial charge on any atom is 0.223 e. The largest absolute Gasteiger partial charge is 0.361 e. The summed E-state index contributed by atoms with van der Waals surface area (Å²) in [7, 11) is 4.15. The Morgan fingerprint density at radius 2 is 1.96 bits per heavy atom. The second-order valence-electron chi connectivity index (χ2n) is 6.89. The van der Waals surface area contributed by atoms with Gasteiger partial charge in [0.25, 0.3) is 0 Å². The number of hydrogen-bond acceptors (Lipinski definition) is 2. The summed E-state index contributed by atoms with van der Waals surface area (Å²) in [5.74, 6) is 0.539. The summed E-state index contributed by atoms with van der Waals surface area (Å²) >= 11 is 0. The highest BCUT2D eigenvalue weighted by Gasteiger charge is 2.24. The van der Waals surface area contributed by atoms with Crippen molar-refractivity contribution in [3.8, 4) is 0 Å². The molecule has 4 nitrogen and oxygen atoms in total. The summed E-state index contributed by atoms with van der Waals surface area (Å²) in [6.07, 6.45) is 6.24. The zero-order valence-corrected chi connectivity index (χ0v) is 14.2. The number of hydrogen-bond donors (Lipinski definition) is 1. The number of aromatic amines is 1. The number of likely N-dealkylation sites (N-methyl/N-ethyl adjacent to an activating group) is 1. The second kappa shape index (κ2) is 7.18. The van der Waals surface area contributed by atoms with Gasteiger partial charge in [-0.25, -0.2) is 0 Å². The first-order valence-electron chi connectivity index (χ1n) is 8.63. The Morgan fingerprint density at radius 1 is 1.22 bits per heavy atom. The van der Waals surface area contributed by atoms with Crippen LogP contribution in [0.3, 0.4) is 0 Å². The van der Waals surface area contributed by atoms with Crippen LogP contribution in [0.1, 0.15) is 37.2 Å². The summed E-state index contributed by atoms with van der Waals surface area (Å²) in [6, 6.07) is 8.36. The third-order valence-electron chi connectivity index (χ3n) is 4.78. The Bertz CT molecular complexity index is 655. The smallest absolute Gasteiger partial charge is 0.223 e. The fourth-order valence-corrected chi connectivity index (χ4v) is 3.63. The number of nitrogens with zero attached hydrogens (tertiary/aromatic N) is 2. The molecule has 23 heavy (non-hydrogen) atoms. The van der Waals surface area contributed by atoms with Crippen LogP contribution in [0.5, 0.6) is 0 Å². The molecule has 4 heteroatoms. The third kappa shape index (κ3) is 3.75. The van der Waals surface area contributed by atoms with Gasteiger partial charge in [-0.15, -0.1) is 0 Å². The molecule has 0 spiro atoms. The number of H-pyrrole nitrogens is 1. The van der Waals surface area contributed by atoms with Crippen LogP contribution in [0, 0.1) is 0 Å². The first-order valence-corrected chi connectivity index (χ1v) is 8.63. The molecule has 0 saturated carbocycles. The van der Waals surface area contributed by atoms with Crippen LogP contribution in [-0.4, -0.2) is 54.4 Å². The molecule has 1 aromatic carbocycles. The van der Waals surface area contributed by atoms with Gasteiger partial charge in [0.05, 0.1) is 0 Å². The van der Waals surface area contributed by atoms with Gasteiger partial charge in [0.1, 0.15) is 0 Å². The van der Waals surface area contributed by atoms with Crippen molar-refractivity contribution in [1.29, 1.82) is 0 Å². The zero-order chi connectivity index (χ0) is 16.2. The molecular formula is C19H27N3O. The monoisotopic (exact) mass is 313 g/mol. The van der Waals surface area contributed by atoms with Gasteiger partial charge in [-0.3, -0.25) is 4.79 Å². The standard InChI is InChI=1S/C19H27N3O/c1-21(2)14-15(12-19(23)22-10-6-3-7-11-22)17-13-20-18-9-5-4-8-16(17)18/h4-5,8-9,13,15,20H,3,6-7,10-12,14H2,1-2H3. The van der Waals surface area contributed by atoms with E-state index in [1.807, 2.05) is 6.07 Å². The minimum absolute atomic E-state index is 0.232. The zero-order valence-electron chi connectivity index (χ0n) is 14.2. The highest BCUT2D eigenvalue weighted by atomic mass is 16.2. The second-order valence-corrected chi connectivity index (χ2v) is 6.89. The van der Waals surface area contributed by atoms with Crippen molar-refractivity contribution in [3.05, 3.63) is 36.0 Å². The van der Waals surface area contributed by atoms with Gasteiger partial charge in [-0.2, -0.15) is 0 Å². The molecule has 124 valence electrons. The van der Waals surface area contributed by atoms with Crippen LogP contribution in [0.15, 0.2) is 30.5 Å². The minimum atomic E-state index is 0.232. The average molecular weight is 313 g/mol. The SMILES string of the molecule is CN(C)CC(CC(=O)N1CCCCC1)c1c[nH]c2ccccc12. The van der Waals surface area contributed by atoms with Gasteiger partial charge in [0.15, 0.2) is 0 Å². The van der Waals surface area contributed by atoms with Gasteiger partial charge in [0, 0.05) is 49.1 Å². The molecule has 1 atom stereocenters. The first-order chi connectivity index (χ1) is 11.1. The van der Waals surface area contributed by atoms with E-state index in [1.54, 1.807) is 0 Å². The van der Waals surface area contributed by atoms with Crippen molar-refractivity contribution >= 4 is 16.8 Å². The van der Waals surface area contributed by atoms with Crippen molar-refractivity contribution in [1.82, 2.24) is 14.8 Å². The Kier molecular flexibility index (Phi) is 5.01. The third-order valence-corrected chi connectivity index (χ3v) is 4.78. The number of amides is 1. The van der Waals surface area contributed by atoms with E-state index in [2.05, 4.69) is 53.3 Å². The maximum absolute atomic E-state index is 12.7. The van der Waals surface area contributed by atoms with Crippen molar-refractivity contribution in [2.75, 3.05) is 33.7 Å². The molecule has 2 aromatic rings. The summed E-state index contributed by atoms with van der Waals surface area (Å²) in [5.41, 5.74) is 2.41. The summed E-state index contributed by atoms with van der Waals surface area (Å²) in [4.78, 5) is 20.3. The highest BCUT2D eigenvalue weighted by molar-refractivity contribution is 5.85. The molecule has 1 amide bonds. The van der Waals surface area contributed by atoms with Crippen molar-refractivity contribution < 1.29 is 4.79 Å². The van der Waals surface area contributed by atoms with Crippen LogP contribution < -0.4 is 0 Å². The number of likely N-dealkylation sites (tertiary alicyclic amines) is 1. The lowest BCUT2D eigenvalue weighted by Gasteiger charge is -2.29. The maximum atomic E-state index is 12.7. The number of nitrogens with one attached hydrogen (secondary N) is 1. The first kappa shape index (κ1) is 16.1. The predicted octanol–water partition coefficient (Wildman–Crippen LogP) is 3.22. The van der Waals surface area contributed by atoms with E-state index < -0.39 is 0 Å². The molecule has 1 N–H and O–H groups in total. The summed E-state index contributed by atoms with van der Waals surface area (Å²) in [6.45, 7) is 2.75. The van der Waals surface area contributed by atoms with Crippen LogP contribution in [0.4, 0.5) is 0 Å². The molecule has 1 aromatic heterocycles. The number of benzene rings is 1. The van der Waals surface area contributed by atoms with Gasteiger partial charge < -0.3 is 14.8 Å². The van der Waals surface area contributed by atoms with E-state index >= 15 is 0 Å². The van der Waals surface area contributed by atoms with Gasteiger partial charge >= 0.3 is 0 Å². The van der Waals surface area contributed by atoms with Gasteiger partial charge in [-0.1, -0.05) is 18.2 Å². The van der Waals surface area contributed by atoms with E-state index in [4.69, 9.17) is 0 Å². The Hall–Kier alpha value is -1.81. The minimum Gasteiger partial charge on any atom is -0.361 e. The molecule has 2 heterocycles. The molecular weight excluding hydrogens is 286 g/mol. The molecule has 1 fully saturated rings. The lowest BCUT2D eigenvalue weighted by molar-refractivity contribution is -0.132. The number of para-hydroxylation sites is 1. The lowest BCUT2D eigenvalue weighted by atomic mass is 9.93. The van der Waals surface area contributed by atoms with E-state index in [0.717, 1.165) is 38.0 Å². The van der Waals surface area contributed by atoms with Gasteiger partial charge in [0.2, 0.25) is 5.91 Å². The van der Waals surface area contributed by atoms with Crippen molar-refractivity contribution in [2.24, 2.45) is 0 Å². The van der Waals surface area contributed by atoms with E-state index in [1.165, 1.54) is 17.4 Å². The van der Waals surface area contributed by atoms with Crippen molar-refractivity contribution in [3.63, 3.8) is 0 Å². The number of aromatic nitrogens is 1. The quantitative estimate of drug-likeness (QED) is 0.920. The van der Waals surface area contributed by atoms with Crippen molar-refractivity contribution in [2.45, 2.75) is 31.6 Å². The molecule has 1 unspecified atom stereocenters. The van der Waals surface area contributed by atoms with Gasteiger partial charge in [-0.05, 0) is 45.0 Å². The predicted molar refractivity (Wildman–Crippen MR) is 94.6 cm³/mol. The Labute approximate surface area is 138 Å². The fourth-order valence-electron chi connectivity index (χ4n) is 3.63. The summed E-state index contributed by atoms with van der Waals surface area (Å²) < 4.78 is 0. The number of piperidine rings is 1. The lowest BCUT2D eigenvalue weighted by Crippen LogP contribution is -2.37. The van der Waals surface area contributed by atoms with Crippen LogP contribution in [-0.2, 0) is 4.79 Å². The van der Waals surface area contributed by atoms with Crippen LogP contribution >= 0.6 is 0 Å². The topological polar surface area (TPSA) is 39.3 Å². The molecule has 1 aliphatic heterocycles. The number of carbonyl (C=O) groups is 1. The molecule has 0 aliphatic carbocycles. The van der Waals surface area contributed by atoms with Crippen LogP contribution in [0.2, 0.25) is 0 Å². The van der Waals surface area contributed by atoms with E-state index in [9.17, 15) is 4.79 Å². The number of rotatable bonds is 5. The molecule has 3 rings (SSSR count). The fraction of sp³-hybridized carbons (Fsp3) is 0.526. The number of fused-ring (bicyclic) bond motifs is 1. The molecule has 0 radical (unpaired) electrons. The van der Waals surface area contributed by atoms with E-state index in [-0.39, 0.29) is 5.92 Å². The Morgan fingerprint density at radius 3 is 2.70 bits per heavy atom. The molecule has 1 aliphatic rings. The molecule has 0 bridgehead atoms. The summed E-state index contributed by atoms with van der Waals surface area (Å²) in [5, 5.41) is 1.24. The molecule has 1 saturated heterocycles. The average Bonchev–Trinajstić information content (AvgIpc) is 2.98. The number of carbonyl (C=O) groups excluding carboxylic acids is 1. The van der Waals surface area contributed by atoms with E-state index in [0.29, 0.717) is 12.3 Å².